The molecule has 1 aromatic heterocycles. The van der Waals surface area contributed by atoms with Crippen LogP contribution >= 0.6 is 0 Å². The number of fused-ring (bicyclic) bond motifs is 1. The van der Waals surface area contributed by atoms with Crippen molar-refractivity contribution in [2.75, 3.05) is 6.54 Å². The van der Waals surface area contributed by atoms with Gasteiger partial charge in [0.25, 0.3) is 0 Å². The molecule has 0 saturated carbocycles. The second-order valence-corrected chi connectivity index (χ2v) is 6.92. The lowest BCUT2D eigenvalue weighted by molar-refractivity contribution is 0.551. The third-order valence-electron chi connectivity index (χ3n) is 3.81. The van der Waals surface area contributed by atoms with Crippen LogP contribution in [-0.2, 0) is 16.4 Å². The van der Waals surface area contributed by atoms with Gasteiger partial charge in [0, 0.05) is 12.5 Å². The van der Waals surface area contributed by atoms with Crippen LogP contribution in [0.5, 0.6) is 0 Å². The number of nitrogens with one attached hydrogen (secondary N) is 2. The molecule has 6 heteroatoms. The van der Waals surface area contributed by atoms with Gasteiger partial charge < -0.3 is 0 Å². The Kier molecular flexibility index (Phi) is 3.14. The smallest absolute Gasteiger partial charge is 0.244 e. The van der Waals surface area contributed by atoms with E-state index in [9.17, 15) is 8.42 Å². The third kappa shape index (κ3) is 2.14. The van der Waals surface area contributed by atoms with Crippen molar-refractivity contribution in [3.8, 4) is 0 Å². The van der Waals surface area contributed by atoms with E-state index >= 15 is 0 Å². The molecule has 1 aliphatic carbocycles. The highest BCUT2D eigenvalue weighted by Crippen LogP contribution is 2.34. The first kappa shape index (κ1) is 13.3. The van der Waals surface area contributed by atoms with E-state index in [-0.39, 0.29) is 10.8 Å². The van der Waals surface area contributed by atoms with Crippen molar-refractivity contribution >= 4 is 10.0 Å². The second-order valence-electron chi connectivity index (χ2n) is 5.21. The fourth-order valence-electron chi connectivity index (χ4n) is 2.76. The van der Waals surface area contributed by atoms with Crippen LogP contribution in [0.3, 0.4) is 0 Å². The molecule has 1 aromatic carbocycles. The quantitative estimate of drug-likeness (QED) is 0.899. The number of benzene rings is 1. The molecule has 20 heavy (non-hydrogen) atoms. The molecule has 0 spiro atoms. The lowest BCUT2D eigenvalue weighted by Gasteiger charge is -2.30. The molecule has 0 bridgehead atoms. The van der Waals surface area contributed by atoms with Crippen molar-refractivity contribution in [1.82, 2.24) is 14.9 Å². The molecule has 3 rings (SSSR count). The second kappa shape index (κ2) is 4.71. The molecule has 0 radical (unpaired) electrons. The largest absolute Gasteiger partial charge is 0.281 e. The minimum absolute atomic E-state index is 0.269. The Labute approximate surface area is 118 Å². The zero-order chi connectivity index (χ0) is 14.3. The Morgan fingerprint density at radius 3 is 2.75 bits per heavy atom. The summed E-state index contributed by atoms with van der Waals surface area (Å²) in [4.78, 5) is 0.269. The number of hydrogen-bond acceptors (Lipinski definition) is 3. The molecule has 5 nitrogen and oxygen atoms in total. The SMILES string of the molecule is Cc1n[nH]c(C)c1S(=O)(=O)NCC1Cc2ccccc21. The Balaban J connectivity index is 1.74. The fraction of sp³-hybridized carbons (Fsp3) is 0.357. The molecule has 0 amide bonds. The summed E-state index contributed by atoms with van der Waals surface area (Å²) >= 11 is 0. The van der Waals surface area contributed by atoms with Gasteiger partial charge in [0.2, 0.25) is 10.0 Å². The van der Waals surface area contributed by atoms with E-state index < -0.39 is 10.0 Å². The Morgan fingerprint density at radius 2 is 2.10 bits per heavy atom. The summed E-state index contributed by atoms with van der Waals surface area (Å²) in [6, 6.07) is 8.15. The highest BCUT2D eigenvalue weighted by molar-refractivity contribution is 7.89. The molecule has 0 fully saturated rings. The number of nitrogens with zero attached hydrogens (tertiary/aromatic N) is 1. The van der Waals surface area contributed by atoms with Crippen molar-refractivity contribution in [2.24, 2.45) is 0 Å². The number of H-pyrrole nitrogens is 1. The van der Waals surface area contributed by atoms with Crippen molar-refractivity contribution in [1.29, 1.82) is 0 Å². The Hall–Kier alpha value is -1.66. The highest BCUT2D eigenvalue weighted by Gasteiger charge is 2.28. The van der Waals surface area contributed by atoms with Gasteiger partial charge >= 0.3 is 0 Å². The minimum Gasteiger partial charge on any atom is -0.281 e. The Morgan fingerprint density at radius 1 is 1.35 bits per heavy atom. The molecule has 1 heterocycles. The van der Waals surface area contributed by atoms with Gasteiger partial charge in [-0.05, 0) is 31.4 Å². The van der Waals surface area contributed by atoms with Crippen LogP contribution < -0.4 is 4.72 Å². The predicted octanol–water partition coefficient (Wildman–Crippen LogP) is 1.64. The van der Waals surface area contributed by atoms with Crippen molar-refractivity contribution in [3.05, 3.63) is 46.8 Å². The van der Waals surface area contributed by atoms with E-state index in [1.54, 1.807) is 13.8 Å². The van der Waals surface area contributed by atoms with Gasteiger partial charge in [-0.15, -0.1) is 0 Å². The maximum atomic E-state index is 12.3. The number of aromatic nitrogens is 2. The van der Waals surface area contributed by atoms with Gasteiger partial charge in [0.15, 0.2) is 0 Å². The van der Waals surface area contributed by atoms with Gasteiger partial charge in [0.1, 0.15) is 4.90 Å². The van der Waals surface area contributed by atoms with E-state index in [2.05, 4.69) is 27.1 Å². The number of hydrogen-bond donors (Lipinski definition) is 2. The van der Waals surface area contributed by atoms with Gasteiger partial charge in [-0.25, -0.2) is 13.1 Å². The first-order valence-electron chi connectivity index (χ1n) is 6.58. The molecule has 1 unspecified atom stereocenters. The summed E-state index contributed by atoms with van der Waals surface area (Å²) in [7, 11) is -3.50. The number of aryl methyl sites for hydroxylation is 2. The first-order chi connectivity index (χ1) is 9.49. The fourth-order valence-corrected chi connectivity index (χ4v) is 4.21. The van der Waals surface area contributed by atoms with Gasteiger partial charge in [-0.1, -0.05) is 24.3 Å². The lowest BCUT2D eigenvalue weighted by atomic mass is 9.78. The maximum Gasteiger partial charge on any atom is 0.244 e. The zero-order valence-electron chi connectivity index (χ0n) is 11.5. The van der Waals surface area contributed by atoms with Crippen molar-refractivity contribution in [2.45, 2.75) is 31.1 Å². The number of aromatic amines is 1. The molecule has 0 aliphatic heterocycles. The first-order valence-corrected chi connectivity index (χ1v) is 8.06. The molecule has 1 atom stereocenters. The average Bonchev–Trinajstić information content (AvgIpc) is 2.70. The average molecular weight is 291 g/mol. The summed E-state index contributed by atoms with van der Waals surface area (Å²) in [6.45, 7) is 3.84. The highest BCUT2D eigenvalue weighted by atomic mass is 32.2. The summed E-state index contributed by atoms with van der Waals surface area (Å²) in [5, 5.41) is 6.64. The maximum absolute atomic E-state index is 12.3. The van der Waals surface area contributed by atoms with Crippen LogP contribution in [0, 0.1) is 13.8 Å². The van der Waals surface area contributed by atoms with E-state index in [1.807, 2.05) is 12.1 Å². The van der Waals surface area contributed by atoms with E-state index in [4.69, 9.17) is 0 Å². The van der Waals surface area contributed by atoms with Crippen LogP contribution in [0.2, 0.25) is 0 Å². The number of rotatable bonds is 4. The van der Waals surface area contributed by atoms with Crippen LogP contribution in [0.4, 0.5) is 0 Å². The summed E-state index contributed by atoms with van der Waals surface area (Å²) in [5.74, 6) is 0.272. The predicted molar refractivity (Wildman–Crippen MR) is 76.1 cm³/mol. The van der Waals surface area contributed by atoms with Crippen LogP contribution in [-0.4, -0.2) is 25.2 Å². The van der Waals surface area contributed by atoms with Crippen molar-refractivity contribution < 1.29 is 8.42 Å². The molecular weight excluding hydrogens is 274 g/mol. The van der Waals surface area contributed by atoms with Gasteiger partial charge in [-0.2, -0.15) is 5.10 Å². The standard InChI is InChI=1S/C14H17N3O2S/c1-9-14(10(2)17-16-9)20(18,19)15-8-12-7-11-5-3-4-6-13(11)12/h3-6,12,15H,7-8H2,1-2H3,(H,16,17). The molecule has 106 valence electrons. The molecule has 2 N–H and O–H groups in total. The number of sulfonamides is 1. The molecule has 2 aromatic rings. The summed E-state index contributed by atoms with van der Waals surface area (Å²) < 4.78 is 27.3. The third-order valence-corrected chi connectivity index (χ3v) is 5.50. The van der Waals surface area contributed by atoms with Crippen LogP contribution in [0.25, 0.3) is 0 Å². The van der Waals surface area contributed by atoms with E-state index in [0.717, 1.165) is 6.42 Å². The normalized spacial score (nSPS) is 17.6. The van der Waals surface area contributed by atoms with Gasteiger partial charge in [-0.3, -0.25) is 5.10 Å². The zero-order valence-corrected chi connectivity index (χ0v) is 12.3. The Bertz CT molecular complexity index is 730. The summed E-state index contributed by atoms with van der Waals surface area (Å²) in [5.41, 5.74) is 3.64. The molecule has 0 saturated heterocycles. The topological polar surface area (TPSA) is 74.8 Å². The molecule has 1 aliphatic rings. The van der Waals surface area contributed by atoms with Crippen LogP contribution in [0.15, 0.2) is 29.2 Å². The van der Waals surface area contributed by atoms with E-state index in [0.29, 0.717) is 17.9 Å². The van der Waals surface area contributed by atoms with Crippen LogP contribution in [0.1, 0.15) is 28.4 Å². The molecular formula is C14H17N3O2S. The van der Waals surface area contributed by atoms with E-state index in [1.165, 1.54) is 11.1 Å². The van der Waals surface area contributed by atoms with Gasteiger partial charge in [0.05, 0.1) is 11.4 Å². The summed E-state index contributed by atoms with van der Waals surface area (Å²) in [6.07, 6.45) is 0.933. The lowest BCUT2D eigenvalue weighted by Crippen LogP contribution is -2.33. The van der Waals surface area contributed by atoms with Crippen molar-refractivity contribution in [3.63, 3.8) is 0 Å². The minimum atomic E-state index is -3.50. The monoisotopic (exact) mass is 291 g/mol.